The number of benzene rings is 2. The van der Waals surface area contributed by atoms with Gasteiger partial charge in [0.15, 0.2) is 27.1 Å². The van der Waals surface area contributed by atoms with Crippen molar-refractivity contribution in [3.8, 4) is 11.5 Å². The van der Waals surface area contributed by atoms with E-state index in [4.69, 9.17) is 13.9 Å². The first-order chi connectivity index (χ1) is 16.9. The Hall–Kier alpha value is -3.26. The number of sulfone groups is 1. The van der Waals surface area contributed by atoms with Gasteiger partial charge in [0.1, 0.15) is 11.5 Å². The summed E-state index contributed by atoms with van der Waals surface area (Å²) in [4.78, 5) is 15.4. The SMILES string of the molecule is COc1ccc(CCC2CCCCN2C(=O)c2ccc(CS(=O)(=O)c3ccccc3)o2)cc1OC. The summed E-state index contributed by atoms with van der Waals surface area (Å²) in [5, 5.41) is 0. The quantitative estimate of drug-likeness (QED) is 0.418. The molecule has 0 radical (unpaired) electrons. The van der Waals surface area contributed by atoms with Crippen LogP contribution in [0.5, 0.6) is 11.5 Å². The highest BCUT2D eigenvalue weighted by Crippen LogP contribution is 2.30. The van der Waals surface area contributed by atoms with Crippen LogP contribution in [0.1, 0.15) is 47.6 Å². The monoisotopic (exact) mass is 497 g/mol. The number of carbonyl (C=O) groups excluding carboxylic acids is 1. The number of likely N-dealkylation sites (tertiary alicyclic amines) is 1. The van der Waals surface area contributed by atoms with Gasteiger partial charge in [-0.1, -0.05) is 24.3 Å². The van der Waals surface area contributed by atoms with E-state index >= 15 is 0 Å². The van der Waals surface area contributed by atoms with Gasteiger partial charge in [0.05, 0.1) is 19.1 Å². The molecule has 2 aromatic carbocycles. The van der Waals surface area contributed by atoms with Gasteiger partial charge in [-0.15, -0.1) is 0 Å². The Balaban J connectivity index is 1.43. The number of piperidine rings is 1. The van der Waals surface area contributed by atoms with E-state index < -0.39 is 9.84 Å². The molecule has 0 aliphatic carbocycles. The summed E-state index contributed by atoms with van der Waals surface area (Å²) in [7, 11) is -0.321. The fourth-order valence-corrected chi connectivity index (χ4v) is 5.82. The molecule has 35 heavy (non-hydrogen) atoms. The van der Waals surface area contributed by atoms with E-state index in [2.05, 4.69) is 0 Å². The number of furan rings is 1. The molecule has 1 aromatic heterocycles. The van der Waals surface area contributed by atoms with Crippen LogP contribution >= 0.6 is 0 Å². The molecule has 1 fully saturated rings. The van der Waals surface area contributed by atoms with Crippen molar-refractivity contribution in [3.05, 3.63) is 77.7 Å². The zero-order valence-electron chi connectivity index (χ0n) is 20.1. The second-order valence-corrected chi connectivity index (χ2v) is 10.7. The van der Waals surface area contributed by atoms with Gasteiger partial charge in [0.25, 0.3) is 5.91 Å². The zero-order valence-corrected chi connectivity index (χ0v) is 20.9. The van der Waals surface area contributed by atoms with Crippen LogP contribution in [0.15, 0.2) is 70.0 Å². The van der Waals surface area contributed by atoms with Crippen molar-refractivity contribution in [2.24, 2.45) is 0 Å². The third-order valence-electron chi connectivity index (χ3n) is 6.41. The first-order valence-electron chi connectivity index (χ1n) is 11.8. The van der Waals surface area contributed by atoms with Gasteiger partial charge in [0, 0.05) is 12.6 Å². The van der Waals surface area contributed by atoms with Crippen LogP contribution in [-0.4, -0.2) is 46.0 Å². The summed E-state index contributed by atoms with van der Waals surface area (Å²) in [6, 6.07) is 17.4. The molecule has 1 aliphatic heterocycles. The fraction of sp³-hybridized carbons (Fsp3) is 0.370. The van der Waals surface area contributed by atoms with E-state index in [1.165, 1.54) is 0 Å². The molecule has 0 bridgehead atoms. The lowest BCUT2D eigenvalue weighted by Crippen LogP contribution is -2.43. The Morgan fingerprint density at radius 2 is 1.77 bits per heavy atom. The van der Waals surface area contributed by atoms with E-state index in [1.807, 2.05) is 23.1 Å². The molecule has 1 aliphatic rings. The van der Waals surface area contributed by atoms with E-state index in [1.54, 1.807) is 56.7 Å². The molecule has 4 rings (SSSR count). The van der Waals surface area contributed by atoms with Gasteiger partial charge >= 0.3 is 0 Å². The lowest BCUT2D eigenvalue weighted by atomic mass is 9.95. The number of nitrogens with zero attached hydrogens (tertiary/aromatic N) is 1. The van der Waals surface area contributed by atoms with E-state index in [-0.39, 0.29) is 34.1 Å². The molecule has 0 saturated carbocycles. The van der Waals surface area contributed by atoms with Crippen molar-refractivity contribution >= 4 is 15.7 Å². The molecule has 3 aromatic rings. The van der Waals surface area contributed by atoms with E-state index in [0.717, 1.165) is 37.7 Å². The largest absolute Gasteiger partial charge is 0.493 e. The maximum absolute atomic E-state index is 13.3. The minimum atomic E-state index is -3.55. The van der Waals surface area contributed by atoms with Crippen molar-refractivity contribution in [2.45, 2.75) is 48.8 Å². The highest BCUT2D eigenvalue weighted by molar-refractivity contribution is 7.90. The number of hydrogen-bond acceptors (Lipinski definition) is 6. The number of hydrogen-bond donors (Lipinski definition) is 0. The van der Waals surface area contributed by atoms with E-state index in [0.29, 0.717) is 18.0 Å². The maximum atomic E-state index is 13.3. The van der Waals surface area contributed by atoms with Gasteiger partial charge in [-0.3, -0.25) is 4.79 Å². The molecule has 7 nitrogen and oxygen atoms in total. The molecule has 1 atom stereocenters. The highest BCUT2D eigenvalue weighted by Gasteiger charge is 2.29. The van der Waals surface area contributed by atoms with Crippen LogP contribution in [0.25, 0.3) is 0 Å². The Bertz CT molecular complexity index is 1250. The number of methoxy groups -OCH3 is 2. The molecule has 0 N–H and O–H groups in total. The zero-order chi connectivity index (χ0) is 24.8. The lowest BCUT2D eigenvalue weighted by Gasteiger charge is -2.35. The number of ether oxygens (including phenoxy) is 2. The first-order valence-corrected chi connectivity index (χ1v) is 13.4. The summed E-state index contributed by atoms with van der Waals surface area (Å²) >= 11 is 0. The third-order valence-corrected chi connectivity index (χ3v) is 8.06. The topological polar surface area (TPSA) is 86.0 Å². The standard InChI is InChI=1S/C27H31NO6S/c1-32-24-15-12-20(18-26(24)33-2)11-13-21-8-6-7-17-28(21)27(29)25-16-14-22(34-25)19-35(30,31)23-9-4-3-5-10-23/h3-5,9-10,12,14-16,18,21H,6-8,11,13,17,19H2,1-2H3. The average molecular weight is 498 g/mol. The Morgan fingerprint density at radius 3 is 2.51 bits per heavy atom. The van der Waals surface area contributed by atoms with Crippen LogP contribution in [0.2, 0.25) is 0 Å². The molecule has 8 heteroatoms. The highest BCUT2D eigenvalue weighted by atomic mass is 32.2. The molecule has 1 saturated heterocycles. The molecule has 0 spiro atoms. The number of aryl methyl sites for hydroxylation is 1. The molecule has 1 amide bonds. The minimum absolute atomic E-state index is 0.0888. The normalized spacial score (nSPS) is 16.2. The average Bonchev–Trinajstić information content (AvgIpc) is 3.35. The molecule has 186 valence electrons. The molecular weight excluding hydrogens is 466 g/mol. The Morgan fingerprint density at radius 1 is 1.00 bits per heavy atom. The Kier molecular flexibility index (Phi) is 7.80. The summed E-state index contributed by atoms with van der Waals surface area (Å²) in [5.41, 5.74) is 1.12. The number of amides is 1. The van der Waals surface area contributed by atoms with Gasteiger partial charge in [-0.2, -0.15) is 0 Å². The van der Waals surface area contributed by atoms with Gasteiger partial charge in [-0.05, 0) is 74.1 Å². The summed E-state index contributed by atoms with van der Waals surface area (Å²) < 4.78 is 41.8. The van der Waals surface area contributed by atoms with Crippen LogP contribution in [0.4, 0.5) is 0 Å². The van der Waals surface area contributed by atoms with Crippen molar-refractivity contribution in [1.82, 2.24) is 4.90 Å². The van der Waals surface area contributed by atoms with Gasteiger partial charge < -0.3 is 18.8 Å². The van der Waals surface area contributed by atoms with Crippen molar-refractivity contribution in [2.75, 3.05) is 20.8 Å². The summed E-state index contributed by atoms with van der Waals surface area (Å²) in [5.74, 6) is 1.35. The third kappa shape index (κ3) is 5.88. The van der Waals surface area contributed by atoms with Crippen LogP contribution in [-0.2, 0) is 22.0 Å². The van der Waals surface area contributed by atoms with Crippen molar-refractivity contribution in [3.63, 3.8) is 0 Å². The lowest BCUT2D eigenvalue weighted by molar-refractivity contribution is 0.0568. The summed E-state index contributed by atoms with van der Waals surface area (Å²) in [6.07, 6.45) is 4.55. The first kappa shape index (κ1) is 24.9. The smallest absolute Gasteiger partial charge is 0.289 e. The van der Waals surface area contributed by atoms with Gasteiger partial charge in [-0.25, -0.2) is 8.42 Å². The number of rotatable bonds is 9. The van der Waals surface area contributed by atoms with Crippen LogP contribution < -0.4 is 9.47 Å². The van der Waals surface area contributed by atoms with E-state index in [9.17, 15) is 13.2 Å². The fourth-order valence-electron chi connectivity index (χ4n) is 4.55. The van der Waals surface area contributed by atoms with Crippen molar-refractivity contribution < 1.29 is 27.1 Å². The molecular formula is C27H31NO6S. The minimum Gasteiger partial charge on any atom is -0.493 e. The second kappa shape index (κ2) is 11.0. The summed E-state index contributed by atoms with van der Waals surface area (Å²) in [6.45, 7) is 0.660. The predicted molar refractivity (Wildman–Crippen MR) is 133 cm³/mol. The molecule has 1 unspecified atom stereocenters. The second-order valence-electron chi connectivity index (χ2n) is 8.71. The van der Waals surface area contributed by atoms with Gasteiger partial charge in [0.2, 0.25) is 0 Å². The number of carbonyl (C=O) groups is 1. The molecule has 2 heterocycles. The van der Waals surface area contributed by atoms with Crippen molar-refractivity contribution in [1.29, 1.82) is 0 Å². The van der Waals surface area contributed by atoms with Crippen LogP contribution in [0.3, 0.4) is 0 Å². The maximum Gasteiger partial charge on any atom is 0.289 e. The predicted octanol–water partition coefficient (Wildman–Crippen LogP) is 4.90. The van der Waals surface area contributed by atoms with Crippen LogP contribution in [0, 0.1) is 0 Å². The Labute approximate surface area is 206 Å².